The Morgan fingerprint density at radius 1 is 1.40 bits per heavy atom. The van der Waals surface area contributed by atoms with Crippen molar-refractivity contribution in [1.29, 1.82) is 0 Å². The van der Waals surface area contributed by atoms with Crippen LogP contribution in [0.25, 0.3) is 0 Å². The summed E-state index contributed by atoms with van der Waals surface area (Å²) in [5.74, 6) is 0.679. The molecule has 0 radical (unpaired) electrons. The summed E-state index contributed by atoms with van der Waals surface area (Å²) in [4.78, 5) is 0. The van der Waals surface area contributed by atoms with Gasteiger partial charge in [-0.25, -0.2) is 8.42 Å². The van der Waals surface area contributed by atoms with Gasteiger partial charge in [0, 0.05) is 19.3 Å². The minimum Gasteiger partial charge on any atom is -0.381 e. The van der Waals surface area contributed by atoms with Crippen LogP contribution in [0.2, 0.25) is 0 Å². The van der Waals surface area contributed by atoms with Gasteiger partial charge in [0.05, 0.1) is 11.5 Å². The molecule has 0 saturated carbocycles. The lowest BCUT2D eigenvalue weighted by atomic mass is 10.0. The Labute approximate surface area is 92.1 Å². The Hall–Kier alpha value is -0.130. The predicted molar refractivity (Wildman–Crippen MR) is 60.5 cm³/mol. The second-order valence-electron chi connectivity index (χ2n) is 4.30. The van der Waals surface area contributed by atoms with Crippen molar-refractivity contribution in [3.8, 4) is 0 Å². The Bertz CT molecular complexity index is 270. The molecule has 1 saturated heterocycles. The zero-order valence-electron chi connectivity index (χ0n) is 9.31. The van der Waals surface area contributed by atoms with Gasteiger partial charge in [-0.05, 0) is 25.2 Å². The third kappa shape index (κ3) is 4.95. The van der Waals surface area contributed by atoms with E-state index in [9.17, 15) is 8.42 Å². The topological polar surface area (TPSA) is 69.4 Å². The highest BCUT2D eigenvalue weighted by molar-refractivity contribution is 7.91. The largest absolute Gasteiger partial charge is 0.381 e. The second kappa shape index (κ2) is 5.82. The van der Waals surface area contributed by atoms with Gasteiger partial charge in [0.2, 0.25) is 0 Å². The second-order valence-corrected chi connectivity index (χ2v) is 6.45. The Balaban J connectivity index is 2.40. The standard InChI is InChI=1S/C10H21NO3S/c1-2-10(11)8-15(12,13)7-9-3-5-14-6-4-9/h9-10H,2-8,11H2,1H3. The normalized spacial score (nSPS) is 21.5. The van der Waals surface area contributed by atoms with Crippen molar-refractivity contribution >= 4 is 9.84 Å². The molecular weight excluding hydrogens is 214 g/mol. The Kier molecular flexibility index (Phi) is 5.02. The molecule has 90 valence electrons. The molecule has 1 aliphatic rings. The highest BCUT2D eigenvalue weighted by Gasteiger charge is 2.23. The maximum Gasteiger partial charge on any atom is 0.152 e. The van der Waals surface area contributed by atoms with Crippen LogP contribution in [0.3, 0.4) is 0 Å². The van der Waals surface area contributed by atoms with Crippen molar-refractivity contribution in [3.05, 3.63) is 0 Å². The lowest BCUT2D eigenvalue weighted by molar-refractivity contribution is 0.0723. The van der Waals surface area contributed by atoms with Gasteiger partial charge in [-0.2, -0.15) is 0 Å². The molecule has 2 N–H and O–H groups in total. The summed E-state index contributed by atoms with van der Waals surface area (Å²) in [5, 5.41) is 0. The molecule has 0 aliphatic carbocycles. The molecule has 0 spiro atoms. The number of nitrogens with two attached hydrogens (primary N) is 1. The van der Waals surface area contributed by atoms with Crippen LogP contribution in [-0.2, 0) is 14.6 Å². The molecule has 1 unspecified atom stereocenters. The summed E-state index contributed by atoms with van der Waals surface area (Å²) in [6.07, 6.45) is 2.44. The fourth-order valence-electron chi connectivity index (χ4n) is 1.78. The van der Waals surface area contributed by atoms with Crippen LogP contribution < -0.4 is 5.73 Å². The molecular formula is C10H21NO3S. The summed E-state index contributed by atoms with van der Waals surface area (Å²) in [5.41, 5.74) is 5.66. The van der Waals surface area contributed by atoms with Gasteiger partial charge in [-0.3, -0.25) is 0 Å². The Morgan fingerprint density at radius 3 is 2.53 bits per heavy atom. The monoisotopic (exact) mass is 235 g/mol. The van der Waals surface area contributed by atoms with E-state index in [-0.39, 0.29) is 23.5 Å². The zero-order valence-corrected chi connectivity index (χ0v) is 10.1. The van der Waals surface area contributed by atoms with Gasteiger partial charge in [0.15, 0.2) is 9.84 Å². The van der Waals surface area contributed by atoms with E-state index in [4.69, 9.17) is 10.5 Å². The minimum absolute atomic E-state index is 0.126. The summed E-state index contributed by atoms with van der Waals surface area (Å²) in [7, 11) is -2.97. The highest BCUT2D eigenvalue weighted by atomic mass is 32.2. The van der Waals surface area contributed by atoms with Crippen molar-refractivity contribution in [2.75, 3.05) is 24.7 Å². The van der Waals surface area contributed by atoms with E-state index in [1.165, 1.54) is 0 Å². The lowest BCUT2D eigenvalue weighted by Crippen LogP contribution is -2.33. The highest BCUT2D eigenvalue weighted by Crippen LogP contribution is 2.17. The molecule has 5 heteroatoms. The smallest absolute Gasteiger partial charge is 0.152 e. The number of hydrogen-bond acceptors (Lipinski definition) is 4. The van der Waals surface area contributed by atoms with E-state index in [2.05, 4.69) is 0 Å². The van der Waals surface area contributed by atoms with Gasteiger partial charge in [0.25, 0.3) is 0 Å². The van der Waals surface area contributed by atoms with Crippen molar-refractivity contribution in [3.63, 3.8) is 0 Å². The van der Waals surface area contributed by atoms with Crippen LogP contribution in [0.4, 0.5) is 0 Å². The molecule has 1 aliphatic heterocycles. The van der Waals surface area contributed by atoms with E-state index >= 15 is 0 Å². The molecule has 1 atom stereocenters. The SMILES string of the molecule is CCC(N)CS(=O)(=O)CC1CCOCC1. The van der Waals surface area contributed by atoms with Crippen LogP contribution >= 0.6 is 0 Å². The van der Waals surface area contributed by atoms with E-state index < -0.39 is 9.84 Å². The zero-order chi connectivity index (χ0) is 11.3. The van der Waals surface area contributed by atoms with Gasteiger partial charge in [-0.1, -0.05) is 6.92 Å². The van der Waals surface area contributed by atoms with Crippen LogP contribution in [0.1, 0.15) is 26.2 Å². The van der Waals surface area contributed by atoms with E-state index in [0.717, 1.165) is 12.8 Å². The molecule has 1 fully saturated rings. The summed E-state index contributed by atoms with van der Waals surface area (Å²) in [6, 6.07) is -0.213. The maximum absolute atomic E-state index is 11.7. The minimum atomic E-state index is -2.97. The van der Waals surface area contributed by atoms with E-state index in [1.54, 1.807) is 0 Å². The van der Waals surface area contributed by atoms with Crippen LogP contribution in [0.5, 0.6) is 0 Å². The average molecular weight is 235 g/mol. The van der Waals surface area contributed by atoms with E-state index in [1.807, 2.05) is 6.92 Å². The molecule has 1 rings (SSSR count). The molecule has 0 aromatic heterocycles. The van der Waals surface area contributed by atoms with Crippen molar-refractivity contribution in [2.45, 2.75) is 32.2 Å². The molecule has 15 heavy (non-hydrogen) atoms. The van der Waals surface area contributed by atoms with Crippen LogP contribution in [0, 0.1) is 5.92 Å². The number of ether oxygens (including phenoxy) is 1. The molecule has 0 amide bonds. The lowest BCUT2D eigenvalue weighted by Gasteiger charge is -2.22. The first-order valence-corrected chi connectivity index (χ1v) is 7.39. The summed E-state index contributed by atoms with van der Waals surface area (Å²) < 4.78 is 28.7. The summed E-state index contributed by atoms with van der Waals surface area (Å²) >= 11 is 0. The fraction of sp³-hybridized carbons (Fsp3) is 1.00. The van der Waals surface area contributed by atoms with Crippen LogP contribution in [0.15, 0.2) is 0 Å². The molecule has 1 heterocycles. The van der Waals surface area contributed by atoms with Gasteiger partial charge < -0.3 is 10.5 Å². The Morgan fingerprint density at radius 2 is 2.00 bits per heavy atom. The number of hydrogen-bond donors (Lipinski definition) is 1. The average Bonchev–Trinajstić information content (AvgIpc) is 2.17. The first-order valence-electron chi connectivity index (χ1n) is 5.57. The third-order valence-electron chi connectivity index (χ3n) is 2.82. The van der Waals surface area contributed by atoms with Gasteiger partial charge in [-0.15, -0.1) is 0 Å². The molecule has 0 aromatic rings. The molecule has 4 nitrogen and oxygen atoms in total. The molecule has 0 bridgehead atoms. The van der Waals surface area contributed by atoms with Crippen LogP contribution in [-0.4, -0.2) is 39.2 Å². The van der Waals surface area contributed by atoms with E-state index in [0.29, 0.717) is 19.6 Å². The molecule has 0 aromatic carbocycles. The van der Waals surface area contributed by atoms with Gasteiger partial charge >= 0.3 is 0 Å². The van der Waals surface area contributed by atoms with Gasteiger partial charge in [0.1, 0.15) is 0 Å². The fourth-order valence-corrected chi connectivity index (χ4v) is 3.86. The predicted octanol–water partition coefficient (Wildman–Crippen LogP) is 0.565. The number of sulfone groups is 1. The van der Waals surface area contributed by atoms with Crippen molar-refractivity contribution in [1.82, 2.24) is 0 Å². The quantitative estimate of drug-likeness (QED) is 0.756. The number of rotatable bonds is 5. The van der Waals surface area contributed by atoms with Crippen molar-refractivity contribution in [2.24, 2.45) is 11.7 Å². The third-order valence-corrected chi connectivity index (χ3v) is 4.74. The first-order chi connectivity index (χ1) is 7.03. The van der Waals surface area contributed by atoms with Crippen molar-refractivity contribution < 1.29 is 13.2 Å². The summed E-state index contributed by atoms with van der Waals surface area (Å²) in [6.45, 7) is 3.30. The first kappa shape index (κ1) is 12.9. The maximum atomic E-state index is 11.7.